The molecule has 2 atom stereocenters. The second-order valence-electron chi connectivity index (χ2n) is 11.9. The van der Waals surface area contributed by atoms with Crippen LogP contribution in [0.5, 0.6) is 0 Å². The van der Waals surface area contributed by atoms with Gasteiger partial charge >= 0.3 is 0 Å². The zero-order chi connectivity index (χ0) is 30.6. The van der Waals surface area contributed by atoms with Crippen LogP contribution in [0.4, 0.5) is 29.1 Å². The van der Waals surface area contributed by atoms with Crippen molar-refractivity contribution in [2.24, 2.45) is 0 Å². The van der Waals surface area contributed by atoms with Gasteiger partial charge in [0.1, 0.15) is 29.2 Å². The summed E-state index contributed by atoms with van der Waals surface area (Å²) in [5.74, 6) is -1.51. The fraction of sp³-hybridized carbons (Fsp3) is 0.375. The summed E-state index contributed by atoms with van der Waals surface area (Å²) in [6.07, 6.45) is 3.82. The number of piperidine rings is 1. The Hall–Kier alpha value is -4.48. The maximum atomic E-state index is 14.6. The smallest absolute Gasteiger partial charge is 0.261 e. The fourth-order valence-corrected chi connectivity index (χ4v) is 6.34. The monoisotopic (exact) mass is 606 g/mol. The topological polar surface area (TPSA) is 82.8 Å². The molecule has 3 aliphatic rings. The average molecular weight is 607 g/mol. The van der Waals surface area contributed by atoms with Crippen LogP contribution in [-0.2, 0) is 4.79 Å². The van der Waals surface area contributed by atoms with Gasteiger partial charge < -0.3 is 15.1 Å². The van der Waals surface area contributed by atoms with Gasteiger partial charge in [0, 0.05) is 37.0 Å². The number of carbonyl (C=O) groups is 2. The molecule has 0 spiro atoms. The highest BCUT2D eigenvalue weighted by Crippen LogP contribution is 2.43. The van der Waals surface area contributed by atoms with E-state index in [0.29, 0.717) is 37.4 Å². The number of halogens is 4. The molecule has 2 aromatic carbocycles. The fourth-order valence-electron chi connectivity index (χ4n) is 6.34. The first-order valence-corrected chi connectivity index (χ1v) is 14.8. The highest BCUT2D eigenvalue weighted by atomic mass is 19.1. The summed E-state index contributed by atoms with van der Waals surface area (Å²) in [6.45, 7) is 0.995. The minimum atomic E-state index is -1.64. The van der Waals surface area contributed by atoms with Crippen LogP contribution in [0, 0.1) is 11.6 Å². The van der Waals surface area contributed by atoms with E-state index in [9.17, 15) is 27.2 Å². The summed E-state index contributed by atoms with van der Waals surface area (Å²) in [5.41, 5.74) is 0.489. The molecule has 228 valence electrons. The van der Waals surface area contributed by atoms with Crippen molar-refractivity contribution in [3.63, 3.8) is 0 Å². The highest BCUT2D eigenvalue weighted by molar-refractivity contribution is 6.08. The van der Waals surface area contributed by atoms with Gasteiger partial charge in [-0.05, 0) is 73.6 Å². The lowest BCUT2D eigenvalue weighted by Crippen LogP contribution is -2.43. The number of carbonyl (C=O) groups excluding carboxylic acids is 2. The molecule has 4 heterocycles. The van der Waals surface area contributed by atoms with Crippen molar-refractivity contribution in [1.29, 1.82) is 0 Å². The first kappa shape index (κ1) is 28.3. The molecule has 2 aromatic heterocycles. The van der Waals surface area contributed by atoms with Crippen molar-refractivity contribution in [2.45, 2.75) is 55.9 Å². The summed E-state index contributed by atoms with van der Waals surface area (Å²) < 4.78 is 58.7. The lowest BCUT2D eigenvalue weighted by Gasteiger charge is -2.33. The highest BCUT2D eigenvalue weighted by Gasteiger charge is 2.53. The standard InChI is InChI=1S/C32H30F4N6O2/c33-21-3-6-26(35)24(15-21)27-16-22(34)18-41(27)28-9-14-42-29(39-28)25(17-37-42)30(43)38-23-4-1-19(2-5-23)20-7-12-40(13-8-20)31(44)32(36)10-11-32/h1-6,9,14-15,17,20,22,27H,7-8,10-13,16,18H2,(H,38,43)/t22-,27+/m0/s1. The van der Waals surface area contributed by atoms with Crippen molar-refractivity contribution in [3.8, 4) is 0 Å². The quantitative estimate of drug-likeness (QED) is 0.283. The number of anilines is 2. The van der Waals surface area contributed by atoms with Gasteiger partial charge in [0.25, 0.3) is 11.8 Å². The van der Waals surface area contributed by atoms with E-state index in [1.54, 1.807) is 34.2 Å². The summed E-state index contributed by atoms with van der Waals surface area (Å²) in [5, 5.41) is 7.08. The normalized spacial score (nSPS) is 21.5. The Morgan fingerprint density at radius 2 is 1.75 bits per heavy atom. The van der Waals surface area contributed by atoms with Crippen molar-refractivity contribution in [3.05, 3.63) is 89.2 Å². The SMILES string of the molecule is O=C(Nc1ccc(C2CCN(C(=O)C3(F)CC3)CC2)cc1)c1cnn2ccc(N3C[C@@H](F)C[C@@H]3c3cc(F)ccc3F)nc12. The maximum absolute atomic E-state index is 14.6. The van der Waals surface area contributed by atoms with E-state index in [-0.39, 0.29) is 41.6 Å². The zero-order valence-electron chi connectivity index (χ0n) is 23.7. The van der Waals surface area contributed by atoms with E-state index in [1.165, 1.54) is 10.7 Å². The summed E-state index contributed by atoms with van der Waals surface area (Å²) in [4.78, 5) is 33.4. The molecule has 2 saturated heterocycles. The van der Waals surface area contributed by atoms with Crippen LogP contribution in [0.2, 0.25) is 0 Å². The van der Waals surface area contributed by atoms with Gasteiger partial charge in [-0.15, -0.1) is 0 Å². The van der Waals surface area contributed by atoms with Crippen molar-refractivity contribution in [1.82, 2.24) is 19.5 Å². The number of amides is 2. The number of nitrogens with zero attached hydrogens (tertiary/aromatic N) is 5. The first-order chi connectivity index (χ1) is 21.2. The number of fused-ring (bicyclic) bond motifs is 1. The number of hydrogen-bond acceptors (Lipinski definition) is 5. The van der Waals surface area contributed by atoms with E-state index in [2.05, 4.69) is 15.4 Å². The third-order valence-electron chi connectivity index (χ3n) is 8.95. The van der Waals surface area contributed by atoms with Crippen LogP contribution in [0.1, 0.15) is 65.5 Å². The van der Waals surface area contributed by atoms with Gasteiger partial charge in [-0.3, -0.25) is 9.59 Å². The molecule has 2 amide bonds. The molecule has 8 nitrogen and oxygen atoms in total. The van der Waals surface area contributed by atoms with Gasteiger partial charge in [0.05, 0.1) is 18.8 Å². The molecule has 4 aromatic rings. The van der Waals surface area contributed by atoms with Crippen molar-refractivity contribution < 1.29 is 27.2 Å². The van der Waals surface area contributed by atoms with Gasteiger partial charge in [-0.1, -0.05) is 12.1 Å². The molecule has 0 unspecified atom stereocenters. The largest absolute Gasteiger partial charge is 0.346 e. The molecular weight excluding hydrogens is 576 g/mol. The first-order valence-electron chi connectivity index (χ1n) is 14.8. The molecule has 1 aliphatic carbocycles. The molecule has 0 radical (unpaired) electrons. The van der Waals surface area contributed by atoms with Crippen molar-refractivity contribution >= 4 is 29.0 Å². The predicted octanol–water partition coefficient (Wildman–Crippen LogP) is 5.76. The zero-order valence-corrected chi connectivity index (χ0v) is 23.7. The summed E-state index contributed by atoms with van der Waals surface area (Å²) in [6, 6.07) is 11.4. The number of aromatic nitrogens is 3. The van der Waals surface area contributed by atoms with E-state index in [0.717, 1.165) is 36.6 Å². The van der Waals surface area contributed by atoms with E-state index < -0.39 is 35.4 Å². The number of benzene rings is 2. The molecule has 7 rings (SSSR count). The van der Waals surface area contributed by atoms with Gasteiger partial charge in [-0.25, -0.2) is 27.1 Å². The van der Waals surface area contributed by atoms with Crippen molar-refractivity contribution in [2.75, 3.05) is 29.9 Å². The number of rotatable bonds is 6. The Morgan fingerprint density at radius 1 is 1.00 bits per heavy atom. The number of nitrogens with one attached hydrogen (secondary N) is 1. The van der Waals surface area contributed by atoms with Gasteiger partial charge in [0.2, 0.25) is 0 Å². The number of alkyl halides is 2. The summed E-state index contributed by atoms with van der Waals surface area (Å²) >= 11 is 0. The molecule has 44 heavy (non-hydrogen) atoms. The van der Waals surface area contributed by atoms with Crippen LogP contribution in [-0.4, -0.2) is 62.8 Å². The Bertz CT molecular complexity index is 1730. The average Bonchev–Trinajstić information content (AvgIpc) is 3.45. The van der Waals surface area contributed by atoms with Crippen LogP contribution < -0.4 is 10.2 Å². The molecule has 3 fully saturated rings. The van der Waals surface area contributed by atoms with Crippen LogP contribution >= 0.6 is 0 Å². The van der Waals surface area contributed by atoms with Gasteiger partial charge in [-0.2, -0.15) is 5.10 Å². The minimum absolute atomic E-state index is 0.0224. The Morgan fingerprint density at radius 3 is 2.48 bits per heavy atom. The molecule has 1 N–H and O–H groups in total. The third kappa shape index (κ3) is 5.26. The number of likely N-dealkylation sites (tertiary alicyclic amines) is 1. The Balaban J connectivity index is 1.05. The third-order valence-corrected chi connectivity index (χ3v) is 8.95. The van der Waals surface area contributed by atoms with Gasteiger partial charge in [0.15, 0.2) is 11.3 Å². The minimum Gasteiger partial charge on any atom is -0.346 e. The second kappa shape index (κ2) is 10.9. The Kier molecular flexibility index (Phi) is 7.01. The predicted molar refractivity (Wildman–Crippen MR) is 155 cm³/mol. The molecule has 12 heteroatoms. The maximum Gasteiger partial charge on any atom is 0.261 e. The Labute approximate surface area is 250 Å². The molecule has 2 aliphatic heterocycles. The van der Waals surface area contributed by atoms with E-state index in [1.807, 2.05) is 12.1 Å². The van der Waals surface area contributed by atoms with E-state index >= 15 is 0 Å². The van der Waals surface area contributed by atoms with Crippen LogP contribution in [0.25, 0.3) is 5.65 Å². The number of hydrogen-bond donors (Lipinski definition) is 1. The lowest BCUT2D eigenvalue weighted by molar-refractivity contribution is -0.139. The molecule has 1 saturated carbocycles. The van der Waals surface area contributed by atoms with Crippen LogP contribution in [0.15, 0.2) is 60.9 Å². The van der Waals surface area contributed by atoms with E-state index in [4.69, 9.17) is 0 Å². The molecule has 0 bridgehead atoms. The lowest BCUT2D eigenvalue weighted by atomic mass is 9.89. The molecular formula is C32H30F4N6O2. The second-order valence-corrected chi connectivity index (χ2v) is 11.9. The van der Waals surface area contributed by atoms with Crippen LogP contribution in [0.3, 0.4) is 0 Å². The summed E-state index contributed by atoms with van der Waals surface area (Å²) in [7, 11) is 0.